The van der Waals surface area contributed by atoms with Crippen LogP contribution in [-0.4, -0.2) is 57.4 Å². The molecular formula is C32H39N3O5S. The van der Waals surface area contributed by atoms with Crippen LogP contribution >= 0.6 is 0 Å². The second-order valence-corrected chi connectivity index (χ2v) is 12.3. The molecule has 8 nitrogen and oxygen atoms in total. The molecule has 3 aromatic carbocycles. The van der Waals surface area contributed by atoms with E-state index in [9.17, 15) is 18.0 Å². The van der Waals surface area contributed by atoms with Gasteiger partial charge >= 0.3 is 0 Å². The third kappa shape index (κ3) is 7.47. The quantitative estimate of drug-likeness (QED) is 0.336. The minimum atomic E-state index is -4.16. The van der Waals surface area contributed by atoms with Gasteiger partial charge in [0.25, 0.3) is 10.0 Å². The van der Waals surface area contributed by atoms with Crippen molar-refractivity contribution in [3.8, 4) is 5.75 Å². The summed E-state index contributed by atoms with van der Waals surface area (Å²) in [5.41, 5.74) is 2.18. The molecule has 0 heterocycles. The molecule has 2 amide bonds. The highest BCUT2D eigenvalue weighted by Gasteiger charge is 2.34. The highest BCUT2D eigenvalue weighted by Crippen LogP contribution is 2.32. The van der Waals surface area contributed by atoms with E-state index in [1.54, 1.807) is 43.3 Å². The average Bonchev–Trinajstić information content (AvgIpc) is 3.49. The number of aryl methyl sites for hydroxylation is 1. The van der Waals surface area contributed by atoms with Crippen LogP contribution < -0.4 is 14.4 Å². The van der Waals surface area contributed by atoms with Crippen molar-refractivity contribution in [3.05, 3.63) is 90.0 Å². The Morgan fingerprint density at radius 1 is 0.951 bits per heavy atom. The molecule has 0 aromatic heterocycles. The minimum absolute atomic E-state index is 0.0599. The maximum absolute atomic E-state index is 14.1. The van der Waals surface area contributed by atoms with Gasteiger partial charge in [0.1, 0.15) is 18.3 Å². The van der Waals surface area contributed by atoms with Gasteiger partial charge < -0.3 is 15.0 Å². The van der Waals surface area contributed by atoms with Crippen LogP contribution in [0.4, 0.5) is 5.69 Å². The number of amides is 2. The molecule has 0 unspecified atom stereocenters. The molecular weight excluding hydrogens is 538 g/mol. The predicted molar refractivity (Wildman–Crippen MR) is 160 cm³/mol. The Hall–Kier alpha value is -3.85. The number of carbonyl (C=O) groups is 2. The highest BCUT2D eigenvalue weighted by molar-refractivity contribution is 7.92. The van der Waals surface area contributed by atoms with Crippen molar-refractivity contribution in [1.29, 1.82) is 0 Å². The molecule has 41 heavy (non-hydrogen) atoms. The standard InChI is InChI=1S/C32H39N3O5S/c1-24-17-19-28(20-18-24)41(38,39)35(29-15-9-10-16-30(29)40-3)23-31(36)34(22-21-26-11-5-4-6-12-26)25(2)32(37)33-27-13-7-8-14-27/h4-6,9-12,15-20,25,27H,7-8,13-14,21-23H2,1-3H3,(H,33,37)/t25-/m0/s1. The molecule has 218 valence electrons. The lowest BCUT2D eigenvalue weighted by Crippen LogP contribution is -2.53. The fourth-order valence-corrected chi connectivity index (χ4v) is 6.57. The Balaban J connectivity index is 1.67. The summed E-state index contributed by atoms with van der Waals surface area (Å²) < 4.78 is 34.6. The van der Waals surface area contributed by atoms with Crippen LogP contribution in [0.1, 0.15) is 43.7 Å². The molecule has 3 aromatic rings. The lowest BCUT2D eigenvalue weighted by molar-refractivity contribution is -0.139. The van der Waals surface area contributed by atoms with E-state index in [1.165, 1.54) is 24.1 Å². The monoisotopic (exact) mass is 577 g/mol. The van der Waals surface area contributed by atoms with Crippen molar-refractivity contribution in [2.24, 2.45) is 0 Å². The molecule has 1 aliphatic carbocycles. The zero-order chi connectivity index (χ0) is 29.4. The van der Waals surface area contributed by atoms with E-state index in [0.29, 0.717) is 12.2 Å². The summed E-state index contributed by atoms with van der Waals surface area (Å²) in [6.45, 7) is 3.34. The van der Waals surface area contributed by atoms with Gasteiger partial charge in [-0.2, -0.15) is 0 Å². The van der Waals surface area contributed by atoms with Gasteiger partial charge in [-0.1, -0.05) is 73.0 Å². The van der Waals surface area contributed by atoms with Crippen LogP contribution in [0.25, 0.3) is 0 Å². The molecule has 4 rings (SSSR count). The number of sulfonamides is 1. The fourth-order valence-electron chi connectivity index (χ4n) is 5.15. The number of para-hydroxylation sites is 2. The second kappa shape index (κ2) is 13.7. The number of ether oxygens (including phenoxy) is 1. The van der Waals surface area contributed by atoms with Gasteiger partial charge in [-0.05, 0) is 62.9 Å². The largest absolute Gasteiger partial charge is 0.495 e. The first-order valence-corrected chi connectivity index (χ1v) is 15.5. The Morgan fingerprint density at radius 3 is 2.24 bits per heavy atom. The second-order valence-electron chi connectivity index (χ2n) is 10.5. The maximum atomic E-state index is 14.1. The minimum Gasteiger partial charge on any atom is -0.495 e. The van der Waals surface area contributed by atoms with Crippen molar-refractivity contribution < 1.29 is 22.7 Å². The summed E-state index contributed by atoms with van der Waals surface area (Å²) in [6.07, 6.45) is 4.51. The summed E-state index contributed by atoms with van der Waals surface area (Å²) in [5, 5.41) is 3.09. The van der Waals surface area contributed by atoms with E-state index >= 15 is 0 Å². The topological polar surface area (TPSA) is 96.0 Å². The fraction of sp³-hybridized carbons (Fsp3) is 0.375. The number of hydrogen-bond donors (Lipinski definition) is 1. The molecule has 9 heteroatoms. The molecule has 1 atom stereocenters. The average molecular weight is 578 g/mol. The number of hydrogen-bond acceptors (Lipinski definition) is 5. The Labute approximate surface area is 243 Å². The third-order valence-corrected chi connectivity index (χ3v) is 9.37. The lowest BCUT2D eigenvalue weighted by atomic mass is 10.1. The lowest BCUT2D eigenvalue weighted by Gasteiger charge is -2.32. The van der Waals surface area contributed by atoms with Crippen LogP contribution in [0.2, 0.25) is 0 Å². The van der Waals surface area contributed by atoms with Crippen molar-refractivity contribution in [1.82, 2.24) is 10.2 Å². The summed E-state index contributed by atoms with van der Waals surface area (Å²) in [7, 11) is -2.70. The van der Waals surface area contributed by atoms with Gasteiger partial charge in [-0.15, -0.1) is 0 Å². The van der Waals surface area contributed by atoms with E-state index in [2.05, 4.69) is 5.32 Å². The Bertz CT molecular complexity index is 1420. The van der Waals surface area contributed by atoms with E-state index in [0.717, 1.165) is 41.1 Å². The van der Waals surface area contributed by atoms with Crippen molar-refractivity contribution in [3.63, 3.8) is 0 Å². The van der Waals surface area contributed by atoms with E-state index in [-0.39, 0.29) is 29.1 Å². The van der Waals surface area contributed by atoms with Crippen LogP contribution in [0, 0.1) is 6.92 Å². The van der Waals surface area contributed by atoms with Crippen molar-refractivity contribution in [2.75, 3.05) is 24.5 Å². The normalized spacial score (nSPS) is 14.3. The molecule has 0 radical (unpaired) electrons. The number of benzene rings is 3. The zero-order valence-electron chi connectivity index (χ0n) is 24.0. The molecule has 1 saturated carbocycles. The smallest absolute Gasteiger partial charge is 0.264 e. The maximum Gasteiger partial charge on any atom is 0.264 e. The van der Waals surface area contributed by atoms with Gasteiger partial charge in [-0.25, -0.2) is 8.42 Å². The Morgan fingerprint density at radius 2 is 1.59 bits per heavy atom. The zero-order valence-corrected chi connectivity index (χ0v) is 24.8. The summed E-state index contributed by atoms with van der Waals surface area (Å²) in [4.78, 5) is 28.9. The third-order valence-electron chi connectivity index (χ3n) is 7.59. The van der Waals surface area contributed by atoms with Crippen molar-refractivity contribution >= 4 is 27.5 Å². The SMILES string of the molecule is COc1ccccc1N(CC(=O)N(CCc1ccccc1)[C@@H](C)C(=O)NC1CCCC1)S(=O)(=O)c1ccc(C)cc1. The van der Waals surface area contributed by atoms with Crippen LogP contribution in [-0.2, 0) is 26.0 Å². The summed E-state index contributed by atoms with van der Waals surface area (Å²) in [6, 6.07) is 22.2. The van der Waals surface area contributed by atoms with Gasteiger partial charge in [0, 0.05) is 12.6 Å². The molecule has 1 fully saturated rings. The molecule has 1 aliphatic rings. The van der Waals surface area contributed by atoms with Gasteiger partial charge in [0.2, 0.25) is 11.8 Å². The van der Waals surface area contributed by atoms with Crippen LogP contribution in [0.3, 0.4) is 0 Å². The summed E-state index contributed by atoms with van der Waals surface area (Å²) in [5.74, 6) is -0.390. The predicted octanol–water partition coefficient (Wildman–Crippen LogP) is 4.72. The first-order chi connectivity index (χ1) is 19.7. The first-order valence-electron chi connectivity index (χ1n) is 14.1. The number of anilines is 1. The molecule has 0 bridgehead atoms. The van der Waals surface area contributed by atoms with Gasteiger partial charge in [0.05, 0.1) is 17.7 Å². The van der Waals surface area contributed by atoms with E-state index in [4.69, 9.17) is 4.74 Å². The number of methoxy groups -OCH3 is 1. The van der Waals surface area contributed by atoms with Crippen LogP contribution in [0.5, 0.6) is 5.75 Å². The van der Waals surface area contributed by atoms with E-state index < -0.39 is 28.5 Å². The van der Waals surface area contributed by atoms with Crippen LogP contribution in [0.15, 0.2) is 83.8 Å². The van der Waals surface area contributed by atoms with E-state index in [1.807, 2.05) is 37.3 Å². The number of carbonyl (C=O) groups excluding carboxylic acids is 2. The van der Waals surface area contributed by atoms with Crippen molar-refractivity contribution in [2.45, 2.75) is 62.9 Å². The molecule has 0 saturated heterocycles. The number of nitrogens with zero attached hydrogens (tertiary/aromatic N) is 2. The summed E-state index contributed by atoms with van der Waals surface area (Å²) >= 11 is 0. The van der Waals surface area contributed by atoms with Gasteiger partial charge in [0.15, 0.2) is 0 Å². The number of nitrogens with one attached hydrogen (secondary N) is 1. The molecule has 1 N–H and O–H groups in total. The Kier molecular flexibility index (Phi) is 10.0. The highest BCUT2D eigenvalue weighted by atomic mass is 32.2. The van der Waals surface area contributed by atoms with Gasteiger partial charge in [-0.3, -0.25) is 13.9 Å². The number of rotatable bonds is 12. The molecule has 0 spiro atoms. The first kappa shape index (κ1) is 30.1. The molecule has 0 aliphatic heterocycles.